The fraction of sp³-hybridized carbons (Fsp3) is 0.619. The summed E-state index contributed by atoms with van der Waals surface area (Å²) >= 11 is 6.26. The lowest BCUT2D eigenvalue weighted by atomic mass is 9.93. The van der Waals surface area contributed by atoms with E-state index in [0.717, 1.165) is 12.4 Å². The molecule has 0 spiro atoms. The SMILES string of the molecule is O=c1c(Cl)c(NCC2(F)CCCOC2)cnn1C1CCC(Oc2ncc(OC(F)(F)F)cn2)CC1. The molecular formula is C21H24ClF4N5O4. The molecule has 35 heavy (non-hydrogen) atoms. The van der Waals surface area contributed by atoms with Crippen molar-refractivity contribution in [1.82, 2.24) is 19.7 Å². The molecule has 1 atom stereocenters. The van der Waals surface area contributed by atoms with Gasteiger partial charge in [0.15, 0.2) is 11.4 Å². The quantitative estimate of drug-likeness (QED) is 0.544. The lowest BCUT2D eigenvalue weighted by molar-refractivity contribution is -0.274. The Kier molecular flexibility index (Phi) is 7.64. The molecule has 0 amide bonds. The highest BCUT2D eigenvalue weighted by Gasteiger charge is 2.33. The van der Waals surface area contributed by atoms with Gasteiger partial charge in [-0.2, -0.15) is 15.1 Å². The average molecular weight is 522 g/mol. The molecular weight excluding hydrogens is 498 g/mol. The van der Waals surface area contributed by atoms with Crippen molar-refractivity contribution in [1.29, 1.82) is 0 Å². The van der Waals surface area contributed by atoms with E-state index < -0.39 is 23.3 Å². The number of ether oxygens (including phenoxy) is 3. The number of halogens is 5. The smallest absolute Gasteiger partial charge is 0.460 e. The van der Waals surface area contributed by atoms with Crippen molar-refractivity contribution >= 4 is 17.3 Å². The van der Waals surface area contributed by atoms with Crippen LogP contribution in [0.2, 0.25) is 5.02 Å². The second kappa shape index (κ2) is 10.5. The van der Waals surface area contributed by atoms with Gasteiger partial charge in [-0.15, -0.1) is 13.2 Å². The van der Waals surface area contributed by atoms with Gasteiger partial charge in [0.1, 0.15) is 11.1 Å². The number of hydrogen-bond donors (Lipinski definition) is 1. The minimum absolute atomic E-state index is 0.00998. The van der Waals surface area contributed by atoms with E-state index in [2.05, 4.69) is 25.1 Å². The standard InChI is InChI=1S/C21H24ClF4N5O4/c22-17-16(29-11-20(23)6-1-7-33-12-20)10-30-31(18(17)32)13-2-4-14(5-3-13)34-19-27-8-15(9-28-19)35-21(24,25)26/h8-10,13-14,29H,1-7,11-12H2. The Morgan fingerprint density at radius 1 is 1.20 bits per heavy atom. The third-order valence-corrected chi connectivity index (χ3v) is 6.28. The second-order valence-electron chi connectivity index (χ2n) is 8.58. The van der Waals surface area contributed by atoms with Gasteiger partial charge in [-0.25, -0.2) is 9.07 Å². The first-order chi connectivity index (χ1) is 16.6. The summed E-state index contributed by atoms with van der Waals surface area (Å²) in [5.41, 5.74) is -1.73. The maximum Gasteiger partial charge on any atom is 0.573 e. The number of rotatable bonds is 7. The number of nitrogens with one attached hydrogen (secondary N) is 1. The molecule has 2 aromatic heterocycles. The van der Waals surface area contributed by atoms with Gasteiger partial charge in [0.25, 0.3) is 5.56 Å². The van der Waals surface area contributed by atoms with Crippen LogP contribution in [0.15, 0.2) is 23.4 Å². The molecule has 1 saturated carbocycles. The third-order valence-electron chi connectivity index (χ3n) is 5.91. The molecule has 4 rings (SSSR count). The van der Waals surface area contributed by atoms with Gasteiger partial charge < -0.3 is 19.5 Å². The highest BCUT2D eigenvalue weighted by Crippen LogP contribution is 2.31. The Morgan fingerprint density at radius 2 is 1.91 bits per heavy atom. The van der Waals surface area contributed by atoms with Crippen LogP contribution in [0.1, 0.15) is 44.6 Å². The van der Waals surface area contributed by atoms with Gasteiger partial charge in [0.2, 0.25) is 0 Å². The van der Waals surface area contributed by atoms with E-state index in [0.29, 0.717) is 45.1 Å². The summed E-state index contributed by atoms with van der Waals surface area (Å²) in [7, 11) is 0. The summed E-state index contributed by atoms with van der Waals surface area (Å²) in [5, 5.41) is 7.04. The minimum Gasteiger partial charge on any atom is -0.460 e. The average Bonchev–Trinajstić information content (AvgIpc) is 2.82. The van der Waals surface area contributed by atoms with Crippen molar-refractivity contribution in [2.75, 3.05) is 25.1 Å². The molecule has 0 radical (unpaired) electrons. The van der Waals surface area contributed by atoms with Crippen LogP contribution in [0, 0.1) is 0 Å². The minimum atomic E-state index is -4.83. The van der Waals surface area contributed by atoms with E-state index in [1.165, 1.54) is 10.9 Å². The van der Waals surface area contributed by atoms with E-state index >= 15 is 0 Å². The predicted octanol–water partition coefficient (Wildman–Crippen LogP) is 4.08. The zero-order valence-corrected chi connectivity index (χ0v) is 19.3. The first kappa shape index (κ1) is 25.4. The van der Waals surface area contributed by atoms with Crippen molar-refractivity contribution in [3.05, 3.63) is 34.0 Å². The van der Waals surface area contributed by atoms with Crippen molar-refractivity contribution < 1.29 is 31.8 Å². The zero-order valence-electron chi connectivity index (χ0n) is 18.6. The molecule has 192 valence electrons. The number of anilines is 1. The molecule has 1 N–H and O–H groups in total. The summed E-state index contributed by atoms with van der Waals surface area (Å²) < 4.78 is 67.3. The molecule has 14 heteroatoms. The van der Waals surface area contributed by atoms with Crippen molar-refractivity contribution in [3.63, 3.8) is 0 Å². The van der Waals surface area contributed by atoms with Gasteiger partial charge in [-0.3, -0.25) is 4.79 Å². The molecule has 9 nitrogen and oxygen atoms in total. The van der Waals surface area contributed by atoms with Crippen molar-refractivity contribution in [2.45, 2.75) is 62.7 Å². The van der Waals surface area contributed by atoms with E-state index in [1.807, 2.05) is 0 Å². The second-order valence-corrected chi connectivity index (χ2v) is 8.96. The molecule has 1 aliphatic heterocycles. The van der Waals surface area contributed by atoms with Crippen LogP contribution < -0.4 is 20.3 Å². The molecule has 1 unspecified atom stereocenters. The number of alkyl halides is 4. The van der Waals surface area contributed by atoms with Crippen molar-refractivity contribution in [3.8, 4) is 11.8 Å². The predicted molar refractivity (Wildman–Crippen MR) is 117 cm³/mol. The molecule has 0 aromatic carbocycles. The van der Waals surface area contributed by atoms with Crippen LogP contribution in [0.3, 0.4) is 0 Å². The zero-order chi connectivity index (χ0) is 25.1. The normalized spacial score (nSPS) is 25.2. The number of nitrogens with zero attached hydrogens (tertiary/aromatic N) is 4. The molecule has 2 fully saturated rings. The topological polar surface area (TPSA) is 100 Å². The summed E-state index contributed by atoms with van der Waals surface area (Å²) in [4.78, 5) is 20.3. The molecule has 2 aromatic rings. The Labute approximate surface area is 202 Å². The van der Waals surface area contributed by atoms with Gasteiger partial charge in [0, 0.05) is 6.61 Å². The van der Waals surface area contributed by atoms with Crippen LogP contribution in [0.25, 0.3) is 0 Å². The lowest BCUT2D eigenvalue weighted by Crippen LogP contribution is -2.41. The molecule has 1 saturated heterocycles. The molecule has 3 heterocycles. The summed E-state index contributed by atoms with van der Waals surface area (Å²) in [6, 6.07) is -0.276. The van der Waals surface area contributed by atoms with Gasteiger partial charge in [0.05, 0.1) is 43.5 Å². The largest absolute Gasteiger partial charge is 0.573 e. The van der Waals surface area contributed by atoms with E-state index in [-0.39, 0.29) is 42.0 Å². The Balaban J connectivity index is 1.31. The highest BCUT2D eigenvalue weighted by atomic mass is 35.5. The maximum absolute atomic E-state index is 14.7. The van der Waals surface area contributed by atoms with Crippen LogP contribution in [0.4, 0.5) is 23.2 Å². The fourth-order valence-corrected chi connectivity index (χ4v) is 4.35. The molecule has 1 aliphatic carbocycles. The third kappa shape index (κ3) is 6.72. The summed E-state index contributed by atoms with van der Waals surface area (Å²) in [6.07, 6.45) is 1.28. The fourth-order valence-electron chi connectivity index (χ4n) is 4.15. The van der Waals surface area contributed by atoms with Crippen LogP contribution in [0.5, 0.6) is 11.8 Å². The number of hydrogen-bond acceptors (Lipinski definition) is 8. The van der Waals surface area contributed by atoms with E-state index in [1.54, 1.807) is 0 Å². The first-order valence-electron chi connectivity index (χ1n) is 11.1. The van der Waals surface area contributed by atoms with Gasteiger partial charge in [-0.05, 0) is 38.5 Å². The van der Waals surface area contributed by atoms with Crippen LogP contribution in [-0.4, -0.2) is 57.6 Å². The first-order valence-corrected chi connectivity index (χ1v) is 11.5. The van der Waals surface area contributed by atoms with Crippen LogP contribution >= 0.6 is 11.6 Å². The summed E-state index contributed by atoms with van der Waals surface area (Å²) in [5.74, 6) is -0.539. The highest BCUT2D eigenvalue weighted by molar-refractivity contribution is 6.32. The van der Waals surface area contributed by atoms with E-state index in [9.17, 15) is 22.4 Å². The molecule has 2 aliphatic rings. The van der Waals surface area contributed by atoms with Crippen molar-refractivity contribution in [2.24, 2.45) is 0 Å². The van der Waals surface area contributed by atoms with Gasteiger partial charge in [-0.1, -0.05) is 11.6 Å². The Bertz CT molecular complexity index is 1060. The number of aromatic nitrogens is 4. The molecule has 0 bridgehead atoms. The lowest BCUT2D eigenvalue weighted by Gasteiger charge is -2.30. The van der Waals surface area contributed by atoms with E-state index in [4.69, 9.17) is 21.1 Å². The Hall–Kier alpha value is -2.67. The van der Waals surface area contributed by atoms with Crippen LogP contribution in [-0.2, 0) is 4.74 Å². The van der Waals surface area contributed by atoms with Gasteiger partial charge >= 0.3 is 12.4 Å². The maximum atomic E-state index is 14.7. The Morgan fingerprint density at radius 3 is 2.54 bits per heavy atom. The monoisotopic (exact) mass is 521 g/mol. The summed E-state index contributed by atoms with van der Waals surface area (Å²) in [6.45, 7) is 0.489.